The quantitative estimate of drug-likeness (QED) is 0.838. The molecule has 0 radical (unpaired) electrons. The Bertz CT molecular complexity index is 661. The predicted octanol–water partition coefficient (Wildman–Crippen LogP) is 2.15. The summed E-state index contributed by atoms with van der Waals surface area (Å²) in [5.74, 6) is -1.62. The van der Waals surface area contributed by atoms with Gasteiger partial charge in [-0.3, -0.25) is 4.79 Å². The van der Waals surface area contributed by atoms with Gasteiger partial charge in [-0.1, -0.05) is 0 Å². The van der Waals surface area contributed by atoms with Gasteiger partial charge >= 0.3 is 5.97 Å². The van der Waals surface area contributed by atoms with Gasteiger partial charge in [-0.25, -0.2) is 14.8 Å². The standard InChI is InChI=1S/C13H11N3O3S/c1-20-12-8(4-2-7-15-12)11(17)16-9-5-3-6-14-10(9)13(18)19/h2-7H,1H3,(H,16,17)(H,18,19). The number of carbonyl (C=O) groups is 2. The van der Waals surface area contributed by atoms with Gasteiger partial charge in [-0.2, -0.15) is 0 Å². The van der Waals surface area contributed by atoms with Crippen molar-refractivity contribution in [2.45, 2.75) is 5.03 Å². The number of pyridine rings is 2. The Hall–Kier alpha value is -2.41. The van der Waals surface area contributed by atoms with Gasteiger partial charge in [0.1, 0.15) is 5.03 Å². The normalized spacial score (nSPS) is 10.1. The molecule has 0 spiro atoms. The summed E-state index contributed by atoms with van der Waals surface area (Å²) >= 11 is 1.34. The lowest BCUT2D eigenvalue weighted by Crippen LogP contribution is -2.16. The fourth-order valence-electron chi connectivity index (χ4n) is 1.59. The molecule has 1 amide bonds. The summed E-state index contributed by atoms with van der Waals surface area (Å²) in [6.45, 7) is 0. The largest absolute Gasteiger partial charge is 0.476 e. The van der Waals surface area contributed by atoms with Crippen LogP contribution in [0.5, 0.6) is 0 Å². The van der Waals surface area contributed by atoms with Crippen molar-refractivity contribution in [3.05, 3.63) is 47.9 Å². The molecule has 20 heavy (non-hydrogen) atoms. The van der Waals surface area contributed by atoms with Gasteiger partial charge < -0.3 is 10.4 Å². The van der Waals surface area contributed by atoms with Gasteiger partial charge in [0.05, 0.1) is 11.3 Å². The van der Waals surface area contributed by atoms with Crippen LogP contribution in [0.4, 0.5) is 5.69 Å². The molecule has 7 heteroatoms. The molecule has 6 nitrogen and oxygen atoms in total. The Balaban J connectivity index is 2.31. The van der Waals surface area contributed by atoms with Crippen LogP contribution in [0, 0.1) is 0 Å². The first-order chi connectivity index (χ1) is 9.63. The number of hydrogen-bond donors (Lipinski definition) is 2. The van der Waals surface area contributed by atoms with E-state index in [0.29, 0.717) is 10.6 Å². The maximum atomic E-state index is 12.2. The molecule has 0 saturated carbocycles. The third kappa shape index (κ3) is 2.94. The van der Waals surface area contributed by atoms with Crippen LogP contribution in [0.2, 0.25) is 0 Å². The first-order valence-electron chi connectivity index (χ1n) is 5.62. The summed E-state index contributed by atoms with van der Waals surface area (Å²) in [4.78, 5) is 31.0. The molecule has 0 atom stereocenters. The van der Waals surface area contributed by atoms with Crippen LogP contribution in [0.25, 0.3) is 0 Å². The van der Waals surface area contributed by atoms with Crippen molar-refractivity contribution in [1.29, 1.82) is 0 Å². The van der Waals surface area contributed by atoms with Crippen LogP contribution < -0.4 is 5.32 Å². The number of carbonyl (C=O) groups excluding carboxylic acids is 1. The van der Waals surface area contributed by atoms with Gasteiger partial charge in [-0.15, -0.1) is 11.8 Å². The molecule has 0 aromatic carbocycles. The minimum absolute atomic E-state index is 0.154. The fraction of sp³-hybridized carbons (Fsp3) is 0.0769. The molecule has 0 aliphatic carbocycles. The second-order valence-electron chi connectivity index (χ2n) is 3.72. The molecule has 0 saturated heterocycles. The van der Waals surface area contributed by atoms with E-state index in [0.717, 1.165) is 0 Å². The maximum absolute atomic E-state index is 12.2. The highest BCUT2D eigenvalue weighted by Crippen LogP contribution is 2.19. The zero-order valence-corrected chi connectivity index (χ0v) is 11.3. The van der Waals surface area contributed by atoms with E-state index in [1.54, 1.807) is 24.4 Å². The Labute approximate surface area is 119 Å². The van der Waals surface area contributed by atoms with Gasteiger partial charge in [0, 0.05) is 12.4 Å². The molecule has 2 heterocycles. The third-order valence-electron chi connectivity index (χ3n) is 2.47. The number of rotatable bonds is 4. The first kappa shape index (κ1) is 14.0. The number of aromatic nitrogens is 2. The van der Waals surface area contributed by atoms with E-state index in [2.05, 4.69) is 15.3 Å². The average molecular weight is 289 g/mol. The molecule has 0 aliphatic rings. The summed E-state index contributed by atoms with van der Waals surface area (Å²) in [7, 11) is 0. The Morgan fingerprint density at radius 1 is 1.20 bits per heavy atom. The Morgan fingerprint density at radius 2 is 1.90 bits per heavy atom. The lowest BCUT2D eigenvalue weighted by atomic mass is 10.2. The highest BCUT2D eigenvalue weighted by atomic mass is 32.2. The van der Waals surface area contributed by atoms with Crippen LogP contribution in [0.3, 0.4) is 0 Å². The first-order valence-corrected chi connectivity index (χ1v) is 6.84. The molecule has 0 unspecified atom stereocenters. The van der Waals surface area contributed by atoms with Crippen LogP contribution in [-0.4, -0.2) is 33.2 Å². The molecule has 102 valence electrons. The number of thioether (sulfide) groups is 1. The summed E-state index contributed by atoms with van der Waals surface area (Å²) in [6, 6.07) is 6.32. The van der Waals surface area contributed by atoms with Gasteiger partial charge in [-0.05, 0) is 30.5 Å². The number of anilines is 1. The minimum Gasteiger partial charge on any atom is -0.476 e. The number of carboxylic acids is 1. The summed E-state index contributed by atoms with van der Waals surface area (Å²) in [5, 5.41) is 12.1. The van der Waals surface area contributed by atoms with Crippen LogP contribution in [0.1, 0.15) is 20.8 Å². The molecule has 2 aromatic heterocycles. The van der Waals surface area contributed by atoms with Crippen molar-refractivity contribution in [3.8, 4) is 0 Å². The minimum atomic E-state index is -1.20. The molecule has 2 N–H and O–H groups in total. The van der Waals surface area contributed by atoms with Crippen molar-refractivity contribution in [1.82, 2.24) is 9.97 Å². The zero-order valence-electron chi connectivity index (χ0n) is 10.5. The summed E-state index contributed by atoms with van der Waals surface area (Å²) in [6.07, 6.45) is 4.76. The Morgan fingerprint density at radius 3 is 2.60 bits per heavy atom. The van der Waals surface area contributed by atoms with Crippen molar-refractivity contribution >= 4 is 29.3 Å². The SMILES string of the molecule is CSc1ncccc1C(=O)Nc1cccnc1C(=O)O. The van der Waals surface area contributed by atoms with E-state index in [9.17, 15) is 9.59 Å². The number of nitrogens with zero attached hydrogens (tertiary/aromatic N) is 2. The van der Waals surface area contributed by atoms with Crippen molar-refractivity contribution in [2.75, 3.05) is 11.6 Å². The Kier molecular flexibility index (Phi) is 4.31. The van der Waals surface area contributed by atoms with Gasteiger partial charge in [0.25, 0.3) is 5.91 Å². The van der Waals surface area contributed by atoms with Gasteiger partial charge in [0.2, 0.25) is 0 Å². The van der Waals surface area contributed by atoms with E-state index in [1.165, 1.54) is 24.0 Å². The number of nitrogens with one attached hydrogen (secondary N) is 1. The van der Waals surface area contributed by atoms with E-state index in [4.69, 9.17) is 5.11 Å². The van der Waals surface area contributed by atoms with Crippen molar-refractivity contribution in [3.63, 3.8) is 0 Å². The highest BCUT2D eigenvalue weighted by Gasteiger charge is 2.16. The van der Waals surface area contributed by atoms with Gasteiger partial charge in [0.15, 0.2) is 5.69 Å². The molecule has 0 bridgehead atoms. The molecular formula is C13H11N3O3S. The third-order valence-corrected chi connectivity index (χ3v) is 3.18. The zero-order chi connectivity index (χ0) is 14.5. The fourth-order valence-corrected chi connectivity index (χ4v) is 2.14. The van der Waals surface area contributed by atoms with E-state index >= 15 is 0 Å². The number of carboxylic acid groups (broad SMARTS) is 1. The second kappa shape index (κ2) is 6.16. The van der Waals surface area contributed by atoms with Crippen LogP contribution in [-0.2, 0) is 0 Å². The van der Waals surface area contributed by atoms with E-state index in [1.807, 2.05) is 6.26 Å². The van der Waals surface area contributed by atoms with E-state index < -0.39 is 11.9 Å². The number of hydrogen-bond acceptors (Lipinski definition) is 5. The second-order valence-corrected chi connectivity index (χ2v) is 4.51. The van der Waals surface area contributed by atoms with Crippen LogP contribution in [0.15, 0.2) is 41.7 Å². The topological polar surface area (TPSA) is 92.2 Å². The monoisotopic (exact) mass is 289 g/mol. The van der Waals surface area contributed by atoms with Crippen molar-refractivity contribution in [2.24, 2.45) is 0 Å². The number of aromatic carboxylic acids is 1. The lowest BCUT2D eigenvalue weighted by molar-refractivity contribution is 0.0692. The van der Waals surface area contributed by atoms with Crippen molar-refractivity contribution < 1.29 is 14.7 Å². The highest BCUT2D eigenvalue weighted by molar-refractivity contribution is 7.98. The number of amides is 1. The maximum Gasteiger partial charge on any atom is 0.356 e. The van der Waals surface area contributed by atoms with E-state index in [-0.39, 0.29) is 11.4 Å². The molecular weight excluding hydrogens is 278 g/mol. The molecule has 0 fully saturated rings. The molecule has 2 rings (SSSR count). The summed E-state index contributed by atoms with van der Waals surface area (Å²) in [5.41, 5.74) is 0.344. The van der Waals surface area contributed by atoms with Crippen LogP contribution >= 0.6 is 11.8 Å². The molecule has 0 aliphatic heterocycles. The lowest BCUT2D eigenvalue weighted by Gasteiger charge is -2.09. The average Bonchev–Trinajstić information content (AvgIpc) is 2.47. The smallest absolute Gasteiger partial charge is 0.356 e. The summed E-state index contributed by atoms with van der Waals surface area (Å²) < 4.78 is 0. The predicted molar refractivity (Wildman–Crippen MR) is 75.2 cm³/mol. The molecule has 2 aromatic rings.